The normalized spacial score (nSPS) is 17.1. The van der Waals surface area contributed by atoms with Gasteiger partial charge in [-0.25, -0.2) is 0 Å². The van der Waals surface area contributed by atoms with Crippen LogP contribution in [-0.4, -0.2) is 74.6 Å². The molecule has 1 aliphatic heterocycles. The summed E-state index contributed by atoms with van der Waals surface area (Å²) in [7, 11) is 6.82. The van der Waals surface area contributed by atoms with Gasteiger partial charge in [-0.2, -0.15) is 0 Å². The van der Waals surface area contributed by atoms with E-state index < -0.39 is 17.7 Å². The number of benzene rings is 2. The van der Waals surface area contributed by atoms with E-state index in [-0.39, 0.29) is 11.3 Å². The quantitative estimate of drug-likeness (QED) is 0.203. The van der Waals surface area contributed by atoms with Crippen molar-refractivity contribution in [3.63, 3.8) is 0 Å². The van der Waals surface area contributed by atoms with Crippen LogP contribution in [0.25, 0.3) is 5.76 Å². The minimum absolute atomic E-state index is 0.0157. The highest BCUT2D eigenvalue weighted by atomic mass is 16.5. The van der Waals surface area contributed by atoms with Crippen molar-refractivity contribution in [3.8, 4) is 17.2 Å². The van der Waals surface area contributed by atoms with Crippen LogP contribution in [0.1, 0.15) is 43.4 Å². The van der Waals surface area contributed by atoms with E-state index in [9.17, 15) is 14.7 Å². The van der Waals surface area contributed by atoms with Gasteiger partial charge in [-0.3, -0.25) is 9.59 Å². The summed E-state index contributed by atoms with van der Waals surface area (Å²) < 4.78 is 16.8. The zero-order chi connectivity index (χ0) is 26.2. The number of likely N-dealkylation sites (N-methyl/N-ethyl adjacent to an activating group) is 1. The van der Waals surface area contributed by atoms with E-state index in [1.807, 2.05) is 19.0 Å². The van der Waals surface area contributed by atoms with Crippen molar-refractivity contribution in [1.82, 2.24) is 9.80 Å². The largest absolute Gasteiger partial charge is 0.507 e. The summed E-state index contributed by atoms with van der Waals surface area (Å²) in [4.78, 5) is 29.8. The Hall–Kier alpha value is -3.52. The molecule has 36 heavy (non-hydrogen) atoms. The Bertz CT molecular complexity index is 1090. The fourth-order valence-electron chi connectivity index (χ4n) is 4.28. The first-order valence-electron chi connectivity index (χ1n) is 12.2. The molecule has 2 aromatic rings. The number of hydrogen-bond acceptors (Lipinski definition) is 7. The predicted octanol–water partition coefficient (Wildman–Crippen LogP) is 4.26. The lowest BCUT2D eigenvalue weighted by atomic mass is 9.94. The summed E-state index contributed by atoms with van der Waals surface area (Å²) in [6.45, 7) is 3.59. The molecule has 1 fully saturated rings. The number of methoxy groups -OCH3 is 2. The maximum absolute atomic E-state index is 13.3. The van der Waals surface area contributed by atoms with Crippen LogP contribution in [0, 0.1) is 0 Å². The number of likely N-dealkylation sites (tertiary alicyclic amines) is 1. The highest BCUT2D eigenvalue weighted by molar-refractivity contribution is 6.46. The van der Waals surface area contributed by atoms with Crippen LogP contribution in [0.3, 0.4) is 0 Å². The minimum Gasteiger partial charge on any atom is -0.507 e. The average molecular weight is 497 g/mol. The number of aliphatic hydroxyl groups excluding tert-OH is 1. The Kier molecular flexibility index (Phi) is 9.36. The van der Waals surface area contributed by atoms with Gasteiger partial charge in [0.05, 0.1) is 32.4 Å². The molecule has 0 aromatic heterocycles. The monoisotopic (exact) mass is 496 g/mol. The number of unbranched alkanes of at least 4 members (excludes halogenated alkanes) is 2. The molecule has 2 aromatic carbocycles. The summed E-state index contributed by atoms with van der Waals surface area (Å²) >= 11 is 0. The third kappa shape index (κ3) is 5.82. The van der Waals surface area contributed by atoms with E-state index in [0.29, 0.717) is 48.1 Å². The maximum atomic E-state index is 13.3. The number of hydrogen-bond donors (Lipinski definition) is 1. The molecule has 1 N–H and O–H groups in total. The topological polar surface area (TPSA) is 88.5 Å². The second kappa shape index (κ2) is 12.4. The predicted molar refractivity (Wildman–Crippen MR) is 139 cm³/mol. The molecule has 0 spiro atoms. The number of carbonyl (C=O) groups excluding carboxylic acids is 2. The molecular formula is C28H36N2O6. The number of amides is 1. The fraction of sp³-hybridized carbons (Fsp3) is 0.429. The van der Waals surface area contributed by atoms with Crippen molar-refractivity contribution in [3.05, 3.63) is 59.2 Å². The first kappa shape index (κ1) is 27.1. The van der Waals surface area contributed by atoms with Crippen LogP contribution in [-0.2, 0) is 9.59 Å². The Labute approximate surface area is 213 Å². The molecule has 1 atom stereocenters. The molecule has 0 bridgehead atoms. The van der Waals surface area contributed by atoms with Gasteiger partial charge in [-0.1, -0.05) is 31.9 Å². The maximum Gasteiger partial charge on any atom is 0.295 e. The van der Waals surface area contributed by atoms with Crippen LogP contribution in [0.2, 0.25) is 0 Å². The molecular weight excluding hydrogens is 460 g/mol. The molecule has 0 aliphatic carbocycles. The summed E-state index contributed by atoms with van der Waals surface area (Å²) in [5.74, 6) is -0.0837. The van der Waals surface area contributed by atoms with Gasteiger partial charge in [0.25, 0.3) is 11.7 Å². The first-order chi connectivity index (χ1) is 17.3. The van der Waals surface area contributed by atoms with Crippen LogP contribution in [0.15, 0.2) is 48.0 Å². The molecule has 8 heteroatoms. The number of nitrogens with zero attached hydrogens (tertiary/aromatic N) is 2. The number of ether oxygens (including phenoxy) is 3. The van der Waals surface area contributed by atoms with Gasteiger partial charge in [0.15, 0.2) is 11.5 Å². The number of Topliss-reactive ketones (excluding diaryl/α,β-unsaturated/α-hetero) is 1. The van der Waals surface area contributed by atoms with E-state index in [2.05, 4.69) is 6.92 Å². The van der Waals surface area contributed by atoms with Gasteiger partial charge < -0.3 is 29.1 Å². The highest BCUT2D eigenvalue weighted by Gasteiger charge is 2.47. The van der Waals surface area contributed by atoms with Gasteiger partial charge in [-0.15, -0.1) is 0 Å². The molecule has 8 nitrogen and oxygen atoms in total. The van der Waals surface area contributed by atoms with Gasteiger partial charge >= 0.3 is 0 Å². The van der Waals surface area contributed by atoms with Crippen molar-refractivity contribution in [2.75, 3.05) is 48.0 Å². The van der Waals surface area contributed by atoms with E-state index in [1.54, 1.807) is 42.5 Å². The summed E-state index contributed by atoms with van der Waals surface area (Å²) in [6, 6.07) is 11.4. The van der Waals surface area contributed by atoms with Crippen molar-refractivity contribution in [2.24, 2.45) is 0 Å². The number of para-hydroxylation sites is 1. The SMILES string of the molecule is CCCCCOc1ccc(/C(O)=C2\C(=O)C(=O)N(CCN(C)C)C2c2cccc(OC)c2OC)cc1. The highest BCUT2D eigenvalue weighted by Crippen LogP contribution is 2.45. The molecule has 194 valence electrons. The number of ketones is 1. The van der Waals surface area contributed by atoms with E-state index >= 15 is 0 Å². The lowest BCUT2D eigenvalue weighted by molar-refractivity contribution is -0.140. The standard InChI is InChI=1S/C28H36N2O6/c1-6-7-8-18-36-20-14-12-19(13-15-20)25(31)23-24(21-10-9-11-22(34-4)27(21)35-5)30(17-16-29(2)3)28(33)26(23)32/h9-15,24,31H,6-8,16-18H2,1-5H3/b25-23+. The Morgan fingerprint density at radius 2 is 1.75 bits per heavy atom. The molecule has 1 amide bonds. The van der Waals surface area contributed by atoms with Crippen molar-refractivity contribution < 1.29 is 28.9 Å². The summed E-state index contributed by atoms with van der Waals surface area (Å²) in [5, 5.41) is 11.3. The van der Waals surface area contributed by atoms with Crippen LogP contribution >= 0.6 is 0 Å². The zero-order valence-corrected chi connectivity index (χ0v) is 21.7. The zero-order valence-electron chi connectivity index (χ0n) is 21.7. The number of carbonyl (C=O) groups is 2. The van der Waals surface area contributed by atoms with Gasteiger partial charge in [-0.05, 0) is 50.8 Å². The Morgan fingerprint density at radius 1 is 1.03 bits per heavy atom. The van der Waals surface area contributed by atoms with Gasteiger partial charge in [0.1, 0.15) is 11.5 Å². The van der Waals surface area contributed by atoms with Gasteiger partial charge in [0, 0.05) is 24.2 Å². The van der Waals surface area contributed by atoms with Crippen molar-refractivity contribution in [2.45, 2.75) is 32.2 Å². The summed E-state index contributed by atoms with van der Waals surface area (Å²) in [5.41, 5.74) is 1.00. The fourth-order valence-corrected chi connectivity index (χ4v) is 4.28. The van der Waals surface area contributed by atoms with Crippen LogP contribution in [0.5, 0.6) is 17.2 Å². The second-order valence-corrected chi connectivity index (χ2v) is 8.96. The molecule has 1 unspecified atom stereocenters. The second-order valence-electron chi connectivity index (χ2n) is 8.96. The average Bonchev–Trinajstić information content (AvgIpc) is 3.14. The molecule has 0 saturated carbocycles. The third-order valence-electron chi connectivity index (χ3n) is 6.20. The van der Waals surface area contributed by atoms with Crippen molar-refractivity contribution in [1.29, 1.82) is 0 Å². The van der Waals surface area contributed by atoms with Crippen molar-refractivity contribution >= 4 is 17.4 Å². The molecule has 0 radical (unpaired) electrons. The molecule has 3 rings (SSSR count). The number of aliphatic hydroxyl groups is 1. The smallest absolute Gasteiger partial charge is 0.295 e. The Balaban J connectivity index is 2.06. The minimum atomic E-state index is -0.833. The summed E-state index contributed by atoms with van der Waals surface area (Å²) in [6.07, 6.45) is 3.18. The lowest BCUT2D eigenvalue weighted by Gasteiger charge is -2.28. The first-order valence-corrected chi connectivity index (χ1v) is 12.2. The third-order valence-corrected chi connectivity index (χ3v) is 6.20. The van der Waals surface area contributed by atoms with Gasteiger partial charge in [0.2, 0.25) is 0 Å². The molecule has 1 heterocycles. The van der Waals surface area contributed by atoms with E-state index in [0.717, 1.165) is 19.3 Å². The molecule has 1 aliphatic rings. The van der Waals surface area contributed by atoms with E-state index in [1.165, 1.54) is 19.1 Å². The van der Waals surface area contributed by atoms with Crippen LogP contribution < -0.4 is 14.2 Å². The lowest BCUT2D eigenvalue weighted by Crippen LogP contribution is -2.35. The van der Waals surface area contributed by atoms with Crippen LogP contribution in [0.4, 0.5) is 0 Å². The Morgan fingerprint density at radius 3 is 2.36 bits per heavy atom. The molecule has 1 saturated heterocycles. The number of rotatable bonds is 12. The van der Waals surface area contributed by atoms with E-state index in [4.69, 9.17) is 14.2 Å².